The van der Waals surface area contributed by atoms with Crippen molar-refractivity contribution < 1.29 is 13.6 Å². The molecule has 8 nitrogen and oxygen atoms in total. The molecule has 0 unspecified atom stereocenters. The summed E-state index contributed by atoms with van der Waals surface area (Å²) in [6.45, 7) is 4.83. The normalized spacial score (nSPS) is 10.7. The van der Waals surface area contributed by atoms with Crippen LogP contribution in [0.3, 0.4) is 0 Å². The molecule has 0 bridgehead atoms. The fourth-order valence-corrected chi connectivity index (χ4v) is 3.25. The monoisotopic (exact) mass is 437 g/mol. The van der Waals surface area contributed by atoms with E-state index in [1.165, 1.54) is 13.1 Å². The van der Waals surface area contributed by atoms with Gasteiger partial charge >= 0.3 is 0 Å². The van der Waals surface area contributed by atoms with Crippen LogP contribution in [0.15, 0.2) is 24.5 Å². The van der Waals surface area contributed by atoms with Crippen LogP contribution in [-0.4, -0.2) is 26.9 Å². The number of nitriles is 1. The van der Waals surface area contributed by atoms with E-state index in [1.54, 1.807) is 56.2 Å². The lowest BCUT2D eigenvalue weighted by atomic mass is 10.0. The van der Waals surface area contributed by atoms with Crippen LogP contribution in [0.25, 0.3) is 0 Å². The Labute approximate surface area is 183 Å². The summed E-state index contributed by atoms with van der Waals surface area (Å²) in [5.41, 5.74) is 2.48. The molecule has 32 heavy (non-hydrogen) atoms. The first kappa shape index (κ1) is 22.6. The summed E-state index contributed by atoms with van der Waals surface area (Å²) < 4.78 is 28.5. The lowest BCUT2D eigenvalue weighted by molar-refractivity contribution is 0.101. The van der Waals surface area contributed by atoms with Crippen LogP contribution >= 0.6 is 0 Å². The summed E-state index contributed by atoms with van der Waals surface area (Å²) >= 11 is 0. The van der Waals surface area contributed by atoms with Crippen LogP contribution in [0.2, 0.25) is 0 Å². The number of rotatable bonds is 6. The number of hydrogen-bond donors (Lipinski definition) is 3. The number of aromatic nitrogens is 3. The van der Waals surface area contributed by atoms with E-state index in [-0.39, 0.29) is 16.8 Å². The van der Waals surface area contributed by atoms with Crippen molar-refractivity contribution in [2.45, 2.75) is 27.2 Å². The smallest absolute Gasteiger partial charge is 0.281 e. The van der Waals surface area contributed by atoms with Crippen LogP contribution in [0.1, 0.15) is 50.4 Å². The fraction of sp³-hybridized carbons (Fsp3) is 0.227. The highest BCUT2D eigenvalue weighted by Gasteiger charge is 2.24. The van der Waals surface area contributed by atoms with Crippen molar-refractivity contribution in [3.05, 3.63) is 63.7 Å². The number of amides is 1. The number of pyridine rings is 1. The van der Waals surface area contributed by atoms with Gasteiger partial charge < -0.3 is 16.0 Å². The van der Waals surface area contributed by atoms with Crippen LogP contribution in [0.4, 0.5) is 25.8 Å². The second-order valence-corrected chi connectivity index (χ2v) is 7.26. The van der Waals surface area contributed by atoms with Gasteiger partial charge in [-0.25, -0.2) is 13.8 Å². The maximum atomic E-state index is 13.4. The van der Waals surface area contributed by atoms with Crippen molar-refractivity contribution in [2.75, 3.05) is 10.6 Å². The van der Waals surface area contributed by atoms with Crippen molar-refractivity contribution in [1.82, 2.24) is 14.8 Å². The average Bonchev–Trinajstić information content (AvgIpc) is 3.16. The third kappa shape index (κ3) is 4.32. The van der Waals surface area contributed by atoms with Crippen LogP contribution in [0, 0.1) is 37.5 Å². The molecular formula is C22H21F2N7O. The number of anilines is 3. The minimum Gasteiger partial charge on any atom is -0.352 e. The predicted octanol–water partition coefficient (Wildman–Crippen LogP) is 4.54. The Morgan fingerprint density at radius 2 is 1.97 bits per heavy atom. The lowest BCUT2D eigenvalue weighted by Gasteiger charge is -2.16. The Morgan fingerprint density at radius 3 is 2.53 bits per heavy atom. The van der Waals surface area contributed by atoms with E-state index in [0.717, 1.165) is 0 Å². The highest BCUT2D eigenvalue weighted by molar-refractivity contribution is 6.05. The molecule has 0 saturated carbocycles. The van der Waals surface area contributed by atoms with E-state index in [4.69, 9.17) is 5.41 Å². The molecule has 1 aromatic carbocycles. The number of carbonyl (C=O) groups is 1. The summed E-state index contributed by atoms with van der Waals surface area (Å²) in [7, 11) is 1.77. The van der Waals surface area contributed by atoms with Crippen molar-refractivity contribution >= 4 is 29.2 Å². The Hall–Kier alpha value is -4.13. The SMILES string of the molecule is Cc1cc(C=N)c(Nc2cnn(C)c2)cc1NC(=O)c1nc(C(F)F)c(C#N)c(C)c1C. The maximum absolute atomic E-state index is 13.4. The van der Waals surface area contributed by atoms with Crippen LogP contribution < -0.4 is 10.6 Å². The quantitative estimate of drug-likeness (QED) is 0.489. The highest BCUT2D eigenvalue weighted by Crippen LogP contribution is 2.29. The van der Waals surface area contributed by atoms with E-state index >= 15 is 0 Å². The van der Waals surface area contributed by atoms with E-state index in [9.17, 15) is 18.8 Å². The number of nitrogens with zero attached hydrogens (tertiary/aromatic N) is 4. The third-order valence-corrected chi connectivity index (χ3v) is 5.10. The number of benzene rings is 1. The summed E-state index contributed by atoms with van der Waals surface area (Å²) in [6, 6.07) is 5.12. The van der Waals surface area contributed by atoms with Crippen molar-refractivity contribution in [2.24, 2.45) is 7.05 Å². The van der Waals surface area contributed by atoms with Gasteiger partial charge in [0, 0.05) is 36.4 Å². The Bertz CT molecular complexity index is 1260. The Kier molecular flexibility index (Phi) is 6.30. The molecule has 3 N–H and O–H groups in total. The molecule has 3 aromatic rings. The molecule has 0 fully saturated rings. The molecule has 164 valence electrons. The van der Waals surface area contributed by atoms with E-state index < -0.39 is 18.0 Å². The van der Waals surface area contributed by atoms with Gasteiger partial charge in [0.1, 0.15) is 17.5 Å². The van der Waals surface area contributed by atoms with Crippen molar-refractivity contribution in [3.63, 3.8) is 0 Å². The molecule has 3 rings (SSSR count). The predicted molar refractivity (Wildman–Crippen MR) is 117 cm³/mol. The average molecular weight is 437 g/mol. The molecule has 0 atom stereocenters. The van der Waals surface area contributed by atoms with Gasteiger partial charge in [-0.3, -0.25) is 9.48 Å². The molecule has 1 amide bonds. The minimum absolute atomic E-state index is 0.172. The molecule has 0 aliphatic carbocycles. The summed E-state index contributed by atoms with van der Waals surface area (Å²) in [4.78, 5) is 16.8. The topological polar surface area (TPSA) is 119 Å². The van der Waals surface area contributed by atoms with Crippen molar-refractivity contribution in [1.29, 1.82) is 10.7 Å². The van der Waals surface area contributed by atoms with Gasteiger partial charge in [-0.05, 0) is 49.6 Å². The number of aryl methyl sites for hydroxylation is 2. The second kappa shape index (κ2) is 8.93. The molecule has 0 radical (unpaired) electrons. The first-order valence-electron chi connectivity index (χ1n) is 9.57. The fourth-order valence-electron chi connectivity index (χ4n) is 3.25. The van der Waals surface area contributed by atoms with Gasteiger partial charge in [-0.1, -0.05) is 0 Å². The van der Waals surface area contributed by atoms with Gasteiger partial charge in [0.15, 0.2) is 0 Å². The molecule has 0 aliphatic rings. The zero-order valence-corrected chi connectivity index (χ0v) is 17.9. The Balaban J connectivity index is 2.00. The van der Waals surface area contributed by atoms with Gasteiger partial charge in [0.2, 0.25) is 0 Å². The number of halogens is 2. The second-order valence-electron chi connectivity index (χ2n) is 7.26. The zero-order chi connectivity index (χ0) is 23.6. The number of nitrogens with one attached hydrogen (secondary N) is 3. The zero-order valence-electron chi connectivity index (χ0n) is 17.9. The molecule has 2 aromatic heterocycles. The molecule has 2 heterocycles. The molecule has 10 heteroatoms. The molecule has 0 aliphatic heterocycles. The summed E-state index contributed by atoms with van der Waals surface area (Å²) in [6.07, 6.45) is 1.57. The van der Waals surface area contributed by atoms with Crippen LogP contribution in [0.5, 0.6) is 0 Å². The van der Waals surface area contributed by atoms with E-state index in [2.05, 4.69) is 20.7 Å². The number of carbonyl (C=O) groups excluding carboxylic acids is 1. The van der Waals surface area contributed by atoms with E-state index in [0.29, 0.717) is 33.8 Å². The molecule has 0 spiro atoms. The summed E-state index contributed by atoms with van der Waals surface area (Å²) in [5.74, 6) is -0.671. The number of hydrogen-bond acceptors (Lipinski definition) is 6. The largest absolute Gasteiger partial charge is 0.352 e. The molecular weight excluding hydrogens is 416 g/mol. The van der Waals surface area contributed by atoms with Gasteiger partial charge in [0.25, 0.3) is 12.3 Å². The first-order valence-corrected chi connectivity index (χ1v) is 9.57. The van der Waals surface area contributed by atoms with Crippen LogP contribution in [-0.2, 0) is 7.05 Å². The van der Waals surface area contributed by atoms with E-state index in [1.807, 2.05) is 0 Å². The van der Waals surface area contributed by atoms with Gasteiger partial charge in [-0.15, -0.1) is 0 Å². The minimum atomic E-state index is -2.99. The molecule has 0 saturated heterocycles. The standard InChI is InChI=1S/C22H21F2N7O/c1-11-5-14(7-25)18(28-15-9-27-31(4)10-15)6-17(11)29-22(32)19-13(3)12(2)16(8-26)20(30-19)21(23)24/h5-7,9-10,21,25,28H,1-4H3,(H,29,32). The lowest BCUT2D eigenvalue weighted by Crippen LogP contribution is -2.19. The first-order chi connectivity index (χ1) is 15.2. The van der Waals surface area contributed by atoms with Crippen molar-refractivity contribution in [3.8, 4) is 6.07 Å². The maximum Gasteiger partial charge on any atom is 0.281 e. The van der Waals surface area contributed by atoms with Gasteiger partial charge in [0.05, 0.1) is 17.4 Å². The Morgan fingerprint density at radius 1 is 1.25 bits per heavy atom. The summed E-state index contributed by atoms with van der Waals surface area (Å²) in [5, 5.41) is 26.8. The highest BCUT2D eigenvalue weighted by atomic mass is 19.3. The van der Waals surface area contributed by atoms with Gasteiger partial charge in [-0.2, -0.15) is 10.4 Å². The number of alkyl halides is 2. The third-order valence-electron chi connectivity index (χ3n) is 5.10.